The van der Waals surface area contributed by atoms with Gasteiger partial charge < -0.3 is 14.2 Å². The number of carbonyl (C=O) groups is 1. The predicted octanol–water partition coefficient (Wildman–Crippen LogP) is 5.47. The molecular formula is C27H26FN3O2. The second-order valence-electron chi connectivity index (χ2n) is 8.43. The highest BCUT2D eigenvalue weighted by molar-refractivity contribution is 5.96. The van der Waals surface area contributed by atoms with Gasteiger partial charge in [0.25, 0.3) is 0 Å². The fourth-order valence-electron chi connectivity index (χ4n) is 4.55. The minimum atomic E-state index is -0.381. The van der Waals surface area contributed by atoms with Gasteiger partial charge in [-0.15, -0.1) is 0 Å². The van der Waals surface area contributed by atoms with Crippen molar-refractivity contribution >= 4 is 22.6 Å². The largest absolute Gasteiger partial charge is 0.493 e. The molecule has 1 saturated heterocycles. The fraction of sp³-hybridized carbons (Fsp3) is 0.259. The average Bonchev–Trinajstić information content (AvgIpc) is 3.38. The normalized spacial score (nSPS) is 16.0. The van der Waals surface area contributed by atoms with E-state index in [2.05, 4.69) is 10.6 Å². The SMILES string of the molecule is Cc1ccccc1OCCCn1c([C@@H]2CC(=O)N(c3ccccc3F)C2)nc2ccccc21. The van der Waals surface area contributed by atoms with Crippen LogP contribution in [-0.2, 0) is 11.3 Å². The molecule has 6 heteroatoms. The van der Waals surface area contributed by atoms with Gasteiger partial charge in [0.1, 0.15) is 17.4 Å². The summed E-state index contributed by atoms with van der Waals surface area (Å²) in [5, 5.41) is 0. The topological polar surface area (TPSA) is 47.4 Å². The second-order valence-corrected chi connectivity index (χ2v) is 8.43. The number of halogens is 1. The van der Waals surface area contributed by atoms with Gasteiger partial charge in [0, 0.05) is 25.4 Å². The minimum Gasteiger partial charge on any atom is -0.493 e. The molecular weight excluding hydrogens is 417 g/mol. The first kappa shape index (κ1) is 21.2. The molecule has 0 spiro atoms. The zero-order chi connectivity index (χ0) is 22.8. The summed E-state index contributed by atoms with van der Waals surface area (Å²) < 4.78 is 22.5. The molecule has 0 aliphatic carbocycles. The van der Waals surface area contributed by atoms with Gasteiger partial charge in [-0.25, -0.2) is 9.37 Å². The highest BCUT2D eigenvalue weighted by Gasteiger charge is 2.35. The van der Waals surface area contributed by atoms with Gasteiger partial charge in [-0.3, -0.25) is 4.79 Å². The van der Waals surface area contributed by atoms with Crippen molar-refractivity contribution in [1.29, 1.82) is 0 Å². The van der Waals surface area contributed by atoms with Crippen molar-refractivity contribution in [1.82, 2.24) is 9.55 Å². The van der Waals surface area contributed by atoms with E-state index in [1.54, 1.807) is 23.1 Å². The number of imidazole rings is 1. The van der Waals surface area contributed by atoms with Crippen molar-refractivity contribution in [3.63, 3.8) is 0 Å². The molecule has 1 atom stereocenters. The molecule has 5 nitrogen and oxygen atoms in total. The number of aromatic nitrogens is 2. The van der Waals surface area contributed by atoms with Crippen LogP contribution < -0.4 is 9.64 Å². The summed E-state index contributed by atoms with van der Waals surface area (Å²) in [5.74, 6) is 1.22. The number of benzene rings is 3. The molecule has 0 N–H and O–H groups in total. The number of rotatable bonds is 7. The molecule has 0 unspecified atom stereocenters. The molecule has 3 aromatic carbocycles. The molecule has 1 aliphatic rings. The molecule has 1 aliphatic heterocycles. The Hall–Kier alpha value is -3.67. The third-order valence-corrected chi connectivity index (χ3v) is 6.19. The van der Waals surface area contributed by atoms with Crippen molar-refractivity contribution in [3.05, 3.63) is 90.0 Å². The summed E-state index contributed by atoms with van der Waals surface area (Å²) in [5.41, 5.74) is 3.40. The van der Waals surface area contributed by atoms with Crippen LogP contribution in [0.5, 0.6) is 5.75 Å². The zero-order valence-corrected chi connectivity index (χ0v) is 18.6. The number of anilines is 1. The Morgan fingerprint density at radius 3 is 2.64 bits per heavy atom. The lowest BCUT2D eigenvalue weighted by Gasteiger charge is -2.18. The number of para-hydroxylation sites is 4. The van der Waals surface area contributed by atoms with Crippen LogP contribution in [0.2, 0.25) is 0 Å². The van der Waals surface area contributed by atoms with E-state index in [1.165, 1.54) is 6.07 Å². The number of amides is 1. The first-order valence-electron chi connectivity index (χ1n) is 11.3. The van der Waals surface area contributed by atoms with Crippen molar-refractivity contribution in [3.8, 4) is 5.75 Å². The molecule has 1 aromatic heterocycles. The molecule has 0 radical (unpaired) electrons. The molecule has 0 bridgehead atoms. The van der Waals surface area contributed by atoms with Gasteiger partial charge in [0.15, 0.2) is 0 Å². The van der Waals surface area contributed by atoms with Gasteiger partial charge in [-0.2, -0.15) is 0 Å². The van der Waals surface area contributed by atoms with Crippen LogP contribution in [0.4, 0.5) is 10.1 Å². The summed E-state index contributed by atoms with van der Waals surface area (Å²) >= 11 is 0. The van der Waals surface area contributed by atoms with Crippen LogP contribution in [-0.4, -0.2) is 28.6 Å². The smallest absolute Gasteiger partial charge is 0.227 e. The van der Waals surface area contributed by atoms with E-state index in [-0.39, 0.29) is 17.6 Å². The maximum absolute atomic E-state index is 14.3. The van der Waals surface area contributed by atoms with E-state index in [4.69, 9.17) is 9.72 Å². The zero-order valence-electron chi connectivity index (χ0n) is 18.6. The highest BCUT2D eigenvalue weighted by Crippen LogP contribution is 2.34. The monoisotopic (exact) mass is 443 g/mol. The summed E-state index contributed by atoms with van der Waals surface area (Å²) in [4.78, 5) is 19.2. The summed E-state index contributed by atoms with van der Waals surface area (Å²) in [7, 11) is 0. The van der Waals surface area contributed by atoms with E-state index in [1.807, 2.05) is 49.4 Å². The van der Waals surface area contributed by atoms with Crippen molar-refractivity contribution in [2.24, 2.45) is 0 Å². The Labute approximate surface area is 192 Å². The maximum Gasteiger partial charge on any atom is 0.227 e. The predicted molar refractivity (Wildman–Crippen MR) is 127 cm³/mol. The Morgan fingerprint density at radius 2 is 1.79 bits per heavy atom. The fourth-order valence-corrected chi connectivity index (χ4v) is 4.55. The van der Waals surface area contributed by atoms with E-state index >= 15 is 0 Å². The first-order chi connectivity index (χ1) is 16.1. The van der Waals surface area contributed by atoms with Crippen LogP contribution in [0.1, 0.15) is 30.1 Å². The Balaban J connectivity index is 1.36. The lowest BCUT2D eigenvalue weighted by atomic mass is 10.1. The molecule has 2 heterocycles. The number of ether oxygens (including phenoxy) is 1. The maximum atomic E-state index is 14.3. The molecule has 1 fully saturated rings. The number of nitrogens with zero attached hydrogens (tertiary/aromatic N) is 3. The Bertz CT molecular complexity index is 1300. The molecule has 5 rings (SSSR count). The van der Waals surface area contributed by atoms with Gasteiger partial charge >= 0.3 is 0 Å². The molecule has 0 saturated carbocycles. The van der Waals surface area contributed by atoms with E-state index in [0.29, 0.717) is 25.3 Å². The molecule has 33 heavy (non-hydrogen) atoms. The van der Waals surface area contributed by atoms with E-state index < -0.39 is 0 Å². The van der Waals surface area contributed by atoms with Gasteiger partial charge in [0.2, 0.25) is 5.91 Å². The van der Waals surface area contributed by atoms with Gasteiger partial charge in [-0.05, 0) is 49.2 Å². The van der Waals surface area contributed by atoms with E-state index in [0.717, 1.165) is 41.1 Å². The van der Waals surface area contributed by atoms with Gasteiger partial charge in [-0.1, -0.05) is 42.5 Å². The highest BCUT2D eigenvalue weighted by atomic mass is 19.1. The Morgan fingerprint density at radius 1 is 1.03 bits per heavy atom. The number of hydrogen-bond acceptors (Lipinski definition) is 3. The lowest BCUT2D eigenvalue weighted by Crippen LogP contribution is -2.25. The standard InChI is InChI=1S/C27H26FN3O2/c1-19-9-2-7-14-25(19)33-16-8-15-30-24-13-6-4-11-22(24)29-27(30)20-17-26(32)31(18-20)23-12-5-3-10-21(23)28/h2-7,9-14,20H,8,15-18H2,1H3/t20-/m1/s1. The van der Waals surface area contributed by atoms with Crippen LogP contribution >= 0.6 is 0 Å². The number of aryl methyl sites for hydroxylation is 2. The number of carbonyl (C=O) groups excluding carboxylic acids is 1. The van der Waals surface area contributed by atoms with Gasteiger partial charge in [0.05, 0.1) is 23.3 Å². The van der Waals surface area contributed by atoms with Crippen LogP contribution in [0, 0.1) is 12.7 Å². The first-order valence-corrected chi connectivity index (χ1v) is 11.3. The third-order valence-electron chi connectivity index (χ3n) is 6.19. The number of hydrogen-bond donors (Lipinski definition) is 0. The summed E-state index contributed by atoms with van der Waals surface area (Å²) in [6.07, 6.45) is 1.12. The van der Waals surface area contributed by atoms with E-state index in [9.17, 15) is 9.18 Å². The molecule has 1 amide bonds. The van der Waals surface area contributed by atoms with Crippen molar-refractivity contribution in [2.45, 2.75) is 32.2 Å². The molecule has 168 valence electrons. The summed E-state index contributed by atoms with van der Waals surface area (Å²) in [6, 6.07) is 22.4. The average molecular weight is 444 g/mol. The summed E-state index contributed by atoms with van der Waals surface area (Å²) in [6.45, 7) is 3.77. The van der Waals surface area contributed by atoms with Crippen LogP contribution in [0.15, 0.2) is 72.8 Å². The van der Waals surface area contributed by atoms with Crippen molar-refractivity contribution in [2.75, 3.05) is 18.1 Å². The Kier molecular flexibility index (Phi) is 5.82. The number of fused-ring (bicyclic) bond motifs is 1. The second kappa shape index (κ2) is 9.06. The minimum absolute atomic E-state index is 0.0772. The third kappa shape index (κ3) is 4.21. The molecule has 4 aromatic rings. The van der Waals surface area contributed by atoms with Crippen LogP contribution in [0.3, 0.4) is 0 Å². The van der Waals surface area contributed by atoms with Crippen molar-refractivity contribution < 1.29 is 13.9 Å². The van der Waals surface area contributed by atoms with Crippen LogP contribution in [0.25, 0.3) is 11.0 Å². The lowest BCUT2D eigenvalue weighted by molar-refractivity contribution is -0.117. The quantitative estimate of drug-likeness (QED) is 0.356.